The highest BCUT2D eigenvalue weighted by Crippen LogP contribution is 2.42. The standard InChI is InChI=1S/C32H28FN5O4S/c1-17-8-10-18(11-9-17)31-29(32(39)35-2)21-14-20(27(16-28(21)42-31)38(3)43(4,40)41)25-13-12-23(34)30(37-25)26-15-19-22(33)6-5-7-24(19)36-26/h5-16,36H,34H2,1-4H3,(H,35,39). The van der Waals surface area contributed by atoms with E-state index < -0.39 is 10.0 Å². The summed E-state index contributed by atoms with van der Waals surface area (Å²) in [6.07, 6.45) is 1.09. The molecule has 0 unspecified atom stereocenters. The second-order valence-corrected chi connectivity index (χ2v) is 12.4. The largest absolute Gasteiger partial charge is 0.455 e. The minimum absolute atomic E-state index is 0.286. The van der Waals surface area contributed by atoms with Gasteiger partial charge in [-0.3, -0.25) is 9.10 Å². The molecular weight excluding hydrogens is 569 g/mol. The maximum absolute atomic E-state index is 14.5. The first-order chi connectivity index (χ1) is 20.5. The Hall–Kier alpha value is -5.16. The molecule has 6 rings (SSSR count). The van der Waals surface area contributed by atoms with Crippen LogP contribution in [0.5, 0.6) is 0 Å². The highest BCUT2D eigenvalue weighted by molar-refractivity contribution is 7.92. The van der Waals surface area contributed by atoms with Crippen LogP contribution in [-0.2, 0) is 10.0 Å². The summed E-state index contributed by atoms with van der Waals surface area (Å²) in [7, 11) is -0.753. The number of fused-ring (bicyclic) bond motifs is 2. The lowest BCUT2D eigenvalue weighted by Gasteiger charge is -2.20. The number of aromatic nitrogens is 2. The van der Waals surface area contributed by atoms with Gasteiger partial charge in [-0.1, -0.05) is 35.9 Å². The molecule has 4 N–H and O–H groups in total. The molecule has 6 aromatic rings. The van der Waals surface area contributed by atoms with Crippen LogP contribution < -0.4 is 15.4 Å². The van der Waals surface area contributed by atoms with E-state index in [1.54, 1.807) is 42.5 Å². The fourth-order valence-electron chi connectivity index (χ4n) is 5.12. The quantitative estimate of drug-likeness (QED) is 0.213. The molecule has 0 atom stereocenters. The van der Waals surface area contributed by atoms with Crippen molar-refractivity contribution in [2.24, 2.45) is 0 Å². The van der Waals surface area contributed by atoms with Gasteiger partial charge in [-0.25, -0.2) is 17.8 Å². The third-order valence-electron chi connectivity index (χ3n) is 7.48. The molecule has 0 aliphatic heterocycles. The second kappa shape index (κ2) is 10.3. The number of aromatic amines is 1. The number of amides is 1. The summed E-state index contributed by atoms with van der Waals surface area (Å²) in [6, 6.07) is 20.5. The van der Waals surface area contributed by atoms with E-state index in [1.807, 2.05) is 31.2 Å². The minimum Gasteiger partial charge on any atom is -0.455 e. The van der Waals surface area contributed by atoms with Gasteiger partial charge in [0.1, 0.15) is 22.9 Å². The van der Waals surface area contributed by atoms with E-state index in [1.165, 1.54) is 20.2 Å². The molecule has 3 aromatic carbocycles. The molecule has 0 radical (unpaired) electrons. The molecule has 3 aromatic heterocycles. The van der Waals surface area contributed by atoms with Crippen molar-refractivity contribution in [2.45, 2.75) is 6.92 Å². The summed E-state index contributed by atoms with van der Waals surface area (Å²) in [4.78, 5) is 21.2. The van der Waals surface area contributed by atoms with Crippen LogP contribution in [0.2, 0.25) is 0 Å². The summed E-state index contributed by atoms with van der Waals surface area (Å²) < 4.78 is 47.3. The Morgan fingerprint density at radius 2 is 1.79 bits per heavy atom. The number of pyridine rings is 1. The Labute approximate surface area is 247 Å². The van der Waals surface area contributed by atoms with Crippen LogP contribution >= 0.6 is 0 Å². The van der Waals surface area contributed by atoms with Crippen molar-refractivity contribution < 1.29 is 22.0 Å². The van der Waals surface area contributed by atoms with Gasteiger partial charge < -0.3 is 20.5 Å². The number of aryl methyl sites for hydroxylation is 1. The first kappa shape index (κ1) is 28.0. The fraction of sp³-hybridized carbons (Fsp3) is 0.125. The molecule has 0 saturated carbocycles. The first-order valence-corrected chi connectivity index (χ1v) is 15.2. The summed E-state index contributed by atoms with van der Waals surface area (Å²) in [6.45, 7) is 1.96. The van der Waals surface area contributed by atoms with Crippen LogP contribution in [0.3, 0.4) is 0 Å². The van der Waals surface area contributed by atoms with Gasteiger partial charge in [-0.15, -0.1) is 0 Å². The van der Waals surface area contributed by atoms with Gasteiger partial charge in [0, 0.05) is 47.6 Å². The van der Waals surface area contributed by atoms with Gasteiger partial charge >= 0.3 is 0 Å². The maximum Gasteiger partial charge on any atom is 0.255 e. The number of carbonyl (C=O) groups excluding carboxylic acids is 1. The maximum atomic E-state index is 14.5. The molecular formula is C32H28FN5O4S. The van der Waals surface area contributed by atoms with Crippen molar-refractivity contribution in [3.05, 3.63) is 89.7 Å². The van der Waals surface area contributed by atoms with Crippen LogP contribution in [0.4, 0.5) is 15.8 Å². The lowest BCUT2D eigenvalue weighted by molar-refractivity contribution is 0.0964. The zero-order valence-electron chi connectivity index (χ0n) is 23.8. The molecule has 9 nitrogen and oxygen atoms in total. The highest BCUT2D eigenvalue weighted by atomic mass is 32.2. The van der Waals surface area contributed by atoms with Gasteiger partial charge in [0.05, 0.1) is 34.6 Å². The number of benzene rings is 3. The number of hydrogen-bond donors (Lipinski definition) is 3. The summed E-state index contributed by atoms with van der Waals surface area (Å²) in [5.74, 6) is -0.399. The number of nitrogens with zero attached hydrogens (tertiary/aromatic N) is 2. The number of nitrogens with one attached hydrogen (secondary N) is 2. The van der Waals surface area contributed by atoms with Crippen molar-refractivity contribution in [3.63, 3.8) is 0 Å². The van der Waals surface area contributed by atoms with Crippen molar-refractivity contribution in [3.8, 4) is 34.0 Å². The molecule has 0 aliphatic carbocycles. The monoisotopic (exact) mass is 597 g/mol. The molecule has 218 valence electrons. The third kappa shape index (κ3) is 4.87. The summed E-state index contributed by atoms with van der Waals surface area (Å²) in [5, 5.41) is 3.55. The zero-order chi connectivity index (χ0) is 30.6. The number of furan rings is 1. The Kier molecular flexibility index (Phi) is 6.69. The zero-order valence-corrected chi connectivity index (χ0v) is 24.6. The van der Waals surface area contributed by atoms with Gasteiger partial charge in [0.2, 0.25) is 10.0 Å². The van der Waals surface area contributed by atoms with Crippen LogP contribution in [0.1, 0.15) is 15.9 Å². The smallest absolute Gasteiger partial charge is 0.255 e. The average Bonchev–Trinajstić information content (AvgIpc) is 3.58. The van der Waals surface area contributed by atoms with Crippen LogP contribution in [0.15, 0.2) is 77.2 Å². The number of halogens is 1. The number of rotatable bonds is 6. The van der Waals surface area contributed by atoms with Crippen molar-refractivity contribution in [1.29, 1.82) is 0 Å². The number of nitrogens with two attached hydrogens (primary N) is 1. The predicted molar refractivity (Wildman–Crippen MR) is 168 cm³/mol. The van der Waals surface area contributed by atoms with Crippen molar-refractivity contribution in [1.82, 2.24) is 15.3 Å². The third-order valence-corrected chi connectivity index (χ3v) is 8.67. The molecule has 0 fully saturated rings. The molecule has 0 bridgehead atoms. The molecule has 0 spiro atoms. The van der Waals surface area contributed by atoms with Gasteiger partial charge in [0.25, 0.3) is 5.91 Å². The number of nitrogen functional groups attached to an aromatic ring is 1. The predicted octanol–water partition coefficient (Wildman–Crippen LogP) is 6.10. The van der Waals surface area contributed by atoms with E-state index in [0.717, 1.165) is 16.1 Å². The Balaban J connectivity index is 1.63. The van der Waals surface area contributed by atoms with Gasteiger partial charge in [-0.2, -0.15) is 0 Å². The molecule has 1 amide bonds. The number of H-pyrrole nitrogens is 1. The average molecular weight is 598 g/mol. The fourth-order valence-corrected chi connectivity index (χ4v) is 5.62. The highest BCUT2D eigenvalue weighted by Gasteiger charge is 2.26. The van der Waals surface area contributed by atoms with E-state index in [9.17, 15) is 17.6 Å². The molecule has 11 heteroatoms. The topological polar surface area (TPSA) is 134 Å². The summed E-state index contributed by atoms with van der Waals surface area (Å²) in [5.41, 5.74) is 11.6. The second-order valence-electron chi connectivity index (χ2n) is 10.4. The van der Waals surface area contributed by atoms with Crippen molar-refractivity contribution >= 4 is 49.2 Å². The number of carbonyl (C=O) groups is 1. The minimum atomic E-state index is -3.72. The SMILES string of the molecule is CNC(=O)c1c(-c2ccc(C)cc2)oc2cc(N(C)S(C)(=O)=O)c(-c3ccc(N)c(-c4cc5c(F)cccc5[nH]4)n3)cc12. The number of sulfonamides is 1. The van der Waals surface area contributed by atoms with Crippen LogP contribution in [0.25, 0.3) is 55.8 Å². The van der Waals surface area contributed by atoms with E-state index in [-0.39, 0.29) is 17.4 Å². The number of anilines is 2. The molecule has 3 heterocycles. The Bertz CT molecular complexity index is 2170. The molecule has 0 aliphatic rings. The Morgan fingerprint density at radius 3 is 2.47 bits per heavy atom. The molecule has 43 heavy (non-hydrogen) atoms. The van der Waals surface area contributed by atoms with Crippen LogP contribution in [-0.4, -0.2) is 44.6 Å². The lowest BCUT2D eigenvalue weighted by Crippen LogP contribution is -2.25. The van der Waals surface area contributed by atoms with E-state index in [2.05, 4.69) is 10.3 Å². The van der Waals surface area contributed by atoms with Crippen molar-refractivity contribution in [2.75, 3.05) is 30.4 Å². The van der Waals surface area contributed by atoms with Gasteiger partial charge in [-0.05, 0) is 43.3 Å². The Morgan fingerprint density at radius 1 is 1.05 bits per heavy atom. The van der Waals surface area contributed by atoms with Gasteiger partial charge in [0.15, 0.2) is 0 Å². The number of hydrogen-bond acceptors (Lipinski definition) is 6. The van der Waals surface area contributed by atoms with E-state index in [4.69, 9.17) is 15.1 Å². The van der Waals surface area contributed by atoms with E-state index >= 15 is 0 Å². The van der Waals surface area contributed by atoms with E-state index in [0.29, 0.717) is 67.1 Å². The normalized spacial score (nSPS) is 11.7. The first-order valence-electron chi connectivity index (χ1n) is 13.3. The lowest BCUT2D eigenvalue weighted by atomic mass is 10.00. The van der Waals surface area contributed by atoms with Crippen LogP contribution in [0, 0.1) is 12.7 Å². The molecule has 0 saturated heterocycles. The summed E-state index contributed by atoms with van der Waals surface area (Å²) >= 11 is 0.